The summed E-state index contributed by atoms with van der Waals surface area (Å²) in [5, 5.41) is 3.16. The predicted molar refractivity (Wildman–Crippen MR) is 62.9 cm³/mol. The lowest BCUT2D eigenvalue weighted by Crippen LogP contribution is -2.39. The van der Waals surface area contributed by atoms with Crippen LogP contribution in [-0.4, -0.2) is 45.7 Å². The molecule has 1 N–H and O–H groups in total. The molecular formula is C10H23NO3S. The summed E-state index contributed by atoms with van der Waals surface area (Å²) in [4.78, 5) is 0. The molecule has 0 rings (SSSR count). The molecule has 0 fully saturated rings. The summed E-state index contributed by atoms with van der Waals surface area (Å²) in [6.07, 6.45) is 0.578. The van der Waals surface area contributed by atoms with E-state index in [4.69, 9.17) is 4.74 Å². The Morgan fingerprint density at radius 2 is 1.80 bits per heavy atom. The molecule has 0 bridgehead atoms. The Kier molecular flexibility index (Phi) is 6.40. The molecule has 0 aliphatic carbocycles. The molecule has 15 heavy (non-hydrogen) atoms. The summed E-state index contributed by atoms with van der Waals surface area (Å²) in [6, 6.07) is 0. The van der Waals surface area contributed by atoms with Gasteiger partial charge in [0.25, 0.3) is 0 Å². The Hall–Kier alpha value is -0.130. The van der Waals surface area contributed by atoms with E-state index in [9.17, 15) is 8.42 Å². The first kappa shape index (κ1) is 14.9. The molecule has 4 nitrogen and oxygen atoms in total. The zero-order valence-corrected chi connectivity index (χ0v) is 11.0. The van der Waals surface area contributed by atoms with Crippen LogP contribution in [0.15, 0.2) is 0 Å². The SMILES string of the molecule is COCCCS(=O)(=O)CCNC(C)(C)C. The highest BCUT2D eigenvalue weighted by Crippen LogP contribution is 1.99. The van der Waals surface area contributed by atoms with Crippen molar-refractivity contribution in [1.82, 2.24) is 5.32 Å². The van der Waals surface area contributed by atoms with Crippen molar-refractivity contribution >= 4 is 9.84 Å². The quantitative estimate of drug-likeness (QED) is 0.666. The average Bonchev–Trinajstić information content (AvgIpc) is 2.01. The van der Waals surface area contributed by atoms with E-state index in [0.717, 1.165) is 0 Å². The van der Waals surface area contributed by atoms with Gasteiger partial charge < -0.3 is 10.1 Å². The molecule has 0 aromatic heterocycles. The third-order valence-electron chi connectivity index (χ3n) is 1.87. The highest BCUT2D eigenvalue weighted by molar-refractivity contribution is 7.91. The van der Waals surface area contributed by atoms with E-state index in [1.807, 2.05) is 20.8 Å². The summed E-state index contributed by atoms with van der Waals surface area (Å²) in [6.45, 7) is 7.07. The van der Waals surface area contributed by atoms with Crippen molar-refractivity contribution in [2.24, 2.45) is 0 Å². The fraction of sp³-hybridized carbons (Fsp3) is 1.00. The molecule has 0 amide bonds. The molecule has 0 unspecified atom stereocenters. The molecule has 0 radical (unpaired) electrons. The molecule has 0 atom stereocenters. The van der Waals surface area contributed by atoms with Crippen LogP contribution in [0.2, 0.25) is 0 Å². The monoisotopic (exact) mass is 237 g/mol. The standard InChI is InChI=1S/C10H23NO3S/c1-10(2,3)11-6-9-15(12,13)8-5-7-14-4/h11H,5-9H2,1-4H3. The second-order valence-corrected chi connectivity index (χ2v) is 6.98. The molecule has 5 heteroatoms. The van der Waals surface area contributed by atoms with Crippen LogP contribution in [0.5, 0.6) is 0 Å². The maximum absolute atomic E-state index is 11.5. The smallest absolute Gasteiger partial charge is 0.151 e. The number of hydrogen-bond donors (Lipinski definition) is 1. The van der Waals surface area contributed by atoms with E-state index in [1.54, 1.807) is 7.11 Å². The van der Waals surface area contributed by atoms with Crippen LogP contribution in [-0.2, 0) is 14.6 Å². The summed E-state index contributed by atoms with van der Waals surface area (Å²) in [5.74, 6) is 0.417. The first-order valence-corrected chi connectivity index (χ1v) is 7.03. The number of nitrogens with one attached hydrogen (secondary N) is 1. The Morgan fingerprint density at radius 3 is 2.27 bits per heavy atom. The summed E-state index contributed by atoms with van der Waals surface area (Å²) >= 11 is 0. The van der Waals surface area contributed by atoms with E-state index in [-0.39, 0.29) is 17.0 Å². The maximum atomic E-state index is 11.5. The van der Waals surface area contributed by atoms with Crippen LogP contribution >= 0.6 is 0 Å². The minimum Gasteiger partial charge on any atom is -0.385 e. The Balaban J connectivity index is 3.75. The molecule has 0 saturated carbocycles. The number of methoxy groups -OCH3 is 1. The molecule has 0 aliphatic rings. The first-order chi connectivity index (χ1) is 6.77. The number of sulfone groups is 1. The molecule has 92 valence electrons. The van der Waals surface area contributed by atoms with Crippen LogP contribution in [0.1, 0.15) is 27.2 Å². The minimum atomic E-state index is -2.92. The topological polar surface area (TPSA) is 55.4 Å². The van der Waals surface area contributed by atoms with Crippen molar-refractivity contribution in [2.45, 2.75) is 32.7 Å². The lowest BCUT2D eigenvalue weighted by Gasteiger charge is -2.20. The Morgan fingerprint density at radius 1 is 1.20 bits per heavy atom. The van der Waals surface area contributed by atoms with Gasteiger partial charge in [-0.2, -0.15) is 0 Å². The van der Waals surface area contributed by atoms with Gasteiger partial charge in [0.1, 0.15) is 0 Å². The van der Waals surface area contributed by atoms with Gasteiger partial charge in [-0.15, -0.1) is 0 Å². The highest BCUT2D eigenvalue weighted by Gasteiger charge is 2.13. The first-order valence-electron chi connectivity index (χ1n) is 5.21. The summed E-state index contributed by atoms with van der Waals surface area (Å²) in [5.41, 5.74) is -0.0257. The average molecular weight is 237 g/mol. The number of hydrogen-bond acceptors (Lipinski definition) is 4. The Labute approximate surface area is 93.3 Å². The Bertz CT molecular complexity index is 254. The predicted octanol–water partition coefficient (Wildman–Crippen LogP) is 0.826. The van der Waals surface area contributed by atoms with Crippen LogP contribution in [0.3, 0.4) is 0 Å². The third-order valence-corrected chi connectivity index (χ3v) is 3.61. The van der Waals surface area contributed by atoms with E-state index in [0.29, 0.717) is 19.6 Å². The van der Waals surface area contributed by atoms with Crippen molar-refractivity contribution in [1.29, 1.82) is 0 Å². The van der Waals surface area contributed by atoms with Gasteiger partial charge in [-0.1, -0.05) is 0 Å². The fourth-order valence-corrected chi connectivity index (χ4v) is 2.28. The molecule has 0 aliphatic heterocycles. The third kappa shape index (κ3) is 10.2. The van der Waals surface area contributed by atoms with Gasteiger partial charge in [0.15, 0.2) is 9.84 Å². The molecule has 0 aromatic rings. The molecular weight excluding hydrogens is 214 g/mol. The zero-order chi connectivity index (χ0) is 11.9. The maximum Gasteiger partial charge on any atom is 0.151 e. The van der Waals surface area contributed by atoms with E-state index >= 15 is 0 Å². The van der Waals surface area contributed by atoms with Crippen molar-refractivity contribution in [3.05, 3.63) is 0 Å². The lowest BCUT2D eigenvalue weighted by atomic mass is 10.1. The van der Waals surface area contributed by atoms with Crippen molar-refractivity contribution < 1.29 is 13.2 Å². The van der Waals surface area contributed by atoms with Gasteiger partial charge in [0.05, 0.1) is 11.5 Å². The van der Waals surface area contributed by atoms with Crippen molar-refractivity contribution in [3.8, 4) is 0 Å². The van der Waals surface area contributed by atoms with Crippen molar-refractivity contribution in [2.75, 3.05) is 31.8 Å². The van der Waals surface area contributed by atoms with Gasteiger partial charge >= 0.3 is 0 Å². The highest BCUT2D eigenvalue weighted by atomic mass is 32.2. The van der Waals surface area contributed by atoms with Crippen LogP contribution in [0.4, 0.5) is 0 Å². The normalized spacial score (nSPS) is 13.1. The number of rotatable bonds is 7. The van der Waals surface area contributed by atoms with Gasteiger partial charge in [0, 0.05) is 25.8 Å². The largest absolute Gasteiger partial charge is 0.385 e. The second kappa shape index (κ2) is 6.45. The minimum absolute atomic E-state index is 0.0257. The van der Waals surface area contributed by atoms with Gasteiger partial charge in [-0.25, -0.2) is 8.42 Å². The van der Waals surface area contributed by atoms with Crippen LogP contribution in [0, 0.1) is 0 Å². The van der Waals surface area contributed by atoms with Gasteiger partial charge in [0.2, 0.25) is 0 Å². The zero-order valence-electron chi connectivity index (χ0n) is 10.2. The summed E-state index contributed by atoms with van der Waals surface area (Å²) in [7, 11) is -1.34. The van der Waals surface area contributed by atoms with Crippen LogP contribution in [0.25, 0.3) is 0 Å². The summed E-state index contributed by atoms with van der Waals surface area (Å²) < 4.78 is 27.8. The second-order valence-electron chi connectivity index (χ2n) is 4.67. The van der Waals surface area contributed by atoms with Crippen LogP contribution < -0.4 is 5.32 Å². The molecule has 0 saturated heterocycles. The molecule has 0 spiro atoms. The lowest BCUT2D eigenvalue weighted by molar-refractivity contribution is 0.199. The fourth-order valence-electron chi connectivity index (χ4n) is 1.11. The molecule has 0 heterocycles. The van der Waals surface area contributed by atoms with E-state index < -0.39 is 9.84 Å². The van der Waals surface area contributed by atoms with E-state index in [1.165, 1.54) is 0 Å². The van der Waals surface area contributed by atoms with Crippen molar-refractivity contribution in [3.63, 3.8) is 0 Å². The van der Waals surface area contributed by atoms with Gasteiger partial charge in [-0.05, 0) is 27.2 Å². The van der Waals surface area contributed by atoms with Gasteiger partial charge in [-0.3, -0.25) is 0 Å². The molecule has 0 aromatic carbocycles. The number of ether oxygens (including phenoxy) is 1. The van der Waals surface area contributed by atoms with E-state index in [2.05, 4.69) is 5.32 Å².